The number of benzene rings is 1. The normalized spacial score (nSPS) is 11.6. The molecule has 0 saturated carbocycles. The highest BCUT2D eigenvalue weighted by molar-refractivity contribution is 7.91. The van der Waals surface area contributed by atoms with Gasteiger partial charge in [0.1, 0.15) is 5.82 Å². The van der Waals surface area contributed by atoms with Crippen molar-refractivity contribution in [1.29, 1.82) is 0 Å². The van der Waals surface area contributed by atoms with E-state index in [1.165, 1.54) is 6.07 Å². The van der Waals surface area contributed by atoms with Gasteiger partial charge < -0.3 is 5.73 Å². The molecule has 0 spiro atoms. The molecule has 0 radical (unpaired) electrons. The molecule has 0 bridgehead atoms. The molecule has 0 saturated heterocycles. The standard InChI is InChI=1S/C9H12FNO2S/c1-2-5-14(12,13)9-4-3-7(10)6-8(9)11/h3-4,6H,2,5,11H2,1H3. The molecule has 0 amide bonds. The SMILES string of the molecule is CCCS(=O)(=O)c1ccc(F)cc1N. The van der Waals surface area contributed by atoms with Crippen molar-refractivity contribution in [3.63, 3.8) is 0 Å². The predicted molar refractivity (Wildman–Crippen MR) is 53.2 cm³/mol. The molecule has 3 nitrogen and oxygen atoms in total. The second kappa shape index (κ2) is 3.96. The number of nitrogen functional groups attached to an aromatic ring is 1. The van der Waals surface area contributed by atoms with Crippen LogP contribution in [0.5, 0.6) is 0 Å². The van der Waals surface area contributed by atoms with Gasteiger partial charge in [0.25, 0.3) is 0 Å². The van der Waals surface area contributed by atoms with Crippen molar-refractivity contribution in [3.05, 3.63) is 24.0 Å². The third-order valence-corrected chi connectivity index (χ3v) is 3.77. The Hall–Kier alpha value is -1.10. The van der Waals surface area contributed by atoms with E-state index in [0.717, 1.165) is 12.1 Å². The molecule has 0 aliphatic rings. The first kappa shape index (κ1) is 11.0. The summed E-state index contributed by atoms with van der Waals surface area (Å²) in [7, 11) is -3.35. The van der Waals surface area contributed by atoms with Crippen molar-refractivity contribution in [2.24, 2.45) is 0 Å². The Bertz CT molecular complexity index is 428. The third-order valence-electron chi connectivity index (χ3n) is 1.78. The van der Waals surface area contributed by atoms with Gasteiger partial charge in [-0.1, -0.05) is 6.92 Å². The molecule has 0 aliphatic carbocycles. The van der Waals surface area contributed by atoms with Gasteiger partial charge in [0.2, 0.25) is 0 Å². The zero-order valence-electron chi connectivity index (χ0n) is 7.83. The van der Waals surface area contributed by atoms with Crippen LogP contribution in [-0.4, -0.2) is 14.2 Å². The van der Waals surface area contributed by atoms with E-state index in [4.69, 9.17) is 5.73 Å². The second-order valence-corrected chi connectivity index (χ2v) is 5.08. The molecule has 0 heterocycles. The van der Waals surface area contributed by atoms with Crippen LogP contribution in [0, 0.1) is 5.82 Å². The Morgan fingerprint density at radius 3 is 2.57 bits per heavy atom. The van der Waals surface area contributed by atoms with E-state index in [2.05, 4.69) is 0 Å². The van der Waals surface area contributed by atoms with Crippen molar-refractivity contribution in [1.82, 2.24) is 0 Å². The summed E-state index contributed by atoms with van der Waals surface area (Å²) in [6.07, 6.45) is 0.513. The van der Waals surface area contributed by atoms with Crippen molar-refractivity contribution >= 4 is 15.5 Å². The summed E-state index contributed by atoms with van der Waals surface area (Å²) in [5, 5.41) is 0. The lowest BCUT2D eigenvalue weighted by Gasteiger charge is -2.05. The molecule has 0 fully saturated rings. The summed E-state index contributed by atoms with van der Waals surface area (Å²) in [5.74, 6) is -0.499. The van der Waals surface area contributed by atoms with E-state index in [1.807, 2.05) is 0 Å². The first-order valence-corrected chi connectivity index (χ1v) is 5.90. The minimum absolute atomic E-state index is 0.0146. The maximum Gasteiger partial charge on any atom is 0.180 e. The highest BCUT2D eigenvalue weighted by Crippen LogP contribution is 2.20. The number of sulfone groups is 1. The highest BCUT2D eigenvalue weighted by Gasteiger charge is 2.16. The van der Waals surface area contributed by atoms with Gasteiger partial charge in [0.05, 0.1) is 16.3 Å². The second-order valence-electron chi connectivity index (χ2n) is 3.00. The quantitative estimate of drug-likeness (QED) is 0.618. The first-order valence-electron chi connectivity index (χ1n) is 4.25. The molecular weight excluding hydrogens is 205 g/mol. The maximum absolute atomic E-state index is 12.6. The summed E-state index contributed by atoms with van der Waals surface area (Å²) in [5.41, 5.74) is 5.39. The Labute approximate surface area is 82.7 Å². The van der Waals surface area contributed by atoms with Gasteiger partial charge >= 0.3 is 0 Å². The monoisotopic (exact) mass is 217 g/mol. The van der Waals surface area contributed by atoms with Crippen molar-refractivity contribution in [2.75, 3.05) is 11.5 Å². The smallest absolute Gasteiger partial charge is 0.180 e. The summed E-state index contributed by atoms with van der Waals surface area (Å²) in [6.45, 7) is 1.76. The first-order chi connectivity index (χ1) is 6.47. The molecule has 2 N–H and O–H groups in total. The van der Waals surface area contributed by atoms with E-state index < -0.39 is 15.7 Å². The number of nitrogens with two attached hydrogens (primary N) is 1. The Kier molecular flexibility index (Phi) is 3.10. The van der Waals surface area contributed by atoms with E-state index in [9.17, 15) is 12.8 Å². The summed E-state index contributed by atoms with van der Waals surface area (Å²) < 4.78 is 35.8. The molecule has 1 aromatic carbocycles. The summed E-state index contributed by atoms with van der Waals surface area (Å²) >= 11 is 0. The van der Waals surface area contributed by atoms with E-state index in [0.29, 0.717) is 6.42 Å². The molecule has 78 valence electrons. The molecule has 0 atom stereocenters. The van der Waals surface area contributed by atoms with Gasteiger partial charge in [0.15, 0.2) is 9.84 Å². The lowest BCUT2D eigenvalue weighted by atomic mass is 10.3. The maximum atomic E-state index is 12.6. The average Bonchev–Trinajstić information content (AvgIpc) is 2.02. The van der Waals surface area contributed by atoms with Crippen LogP contribution < -0.4 is 5.73 Å². The fourth-order valence-corrected chi connectivity index (χ4v) is 2.63. The van der Waals surface area contributed by atoms with Crippen LogP contribution in [-0.2, 0) is 9.84 Å². The zero-order valence-corrected chi connectivity index (χ0v) is 8.64. The summed E-state index contributed by atoms with van der Waals surface area (Å²) in [6, 6.07) is 3.32. The Morgan fingerprint density at radius 2 is 2.07 bits per heavy atom. The predicted octanol–water partition coefficient (Wildman–Crippen LogP) is 1.59. The molecule has 0 aliphatic heterocycles. The highest BCUT2D eigenvalue weighted by atomic mass is 32.2. The number of hydrogen-bond donors (Lipinski definition) is 1. The minimum Gasteiger partial charge on any atom is -0.398 e. The third kappa shape index (κ3) is 2.23. The number of anilines is 1. The lowest BCUT2D eigenvalue weighted by Crippen LogP contribution is -2.08. The van der Waals surface area contributed by atoms with Crippen molar-refractivity contribution in [2.45, 2.75) is 18.2 Å². The van der Waals surface area contributed by atoms with E-state index >= 15 is 0 Å². The Morgan fingerprint density at radius 1 is 1.43 bits per heavy atom. The van der Waals surface area contributed by atoms with Crippen LogP contribution in [0.2, 0.25) is 0 Å². The fraction of sp³-hybridized carbons (Fsp3) is 0.333. The Balaban J connectivity index is 3.20. The van der Waals surface area contributed by atoms with Crippen LogP contribution in [0.4, 0.5) is 10.1 Å². The average molecular weight is 217 g/mol. The van der Waals surface area contributed by atoms with Gasteiger partial charge in [-0.3, -0.25) is 0 Å². The zero-order chi connectivity index (χ0) is 10.8. The number of hydrogen-bond acceptors (Lipinski definition) is 3. The fourth-order valence-electron chi connectivity index (χ4n) is 1.18. The molecule has 1 rings (SSSR count). The van der Waals surface area contributed by atoms with Crippen LogP contribution in [0.25, 0.3) is 0 Å². The van der Waals surface area contributed by atoms with Crippen LogP contribution in [0.1, 0.15) is 13.3 Å². The minimum atomic E-state index is -3.35. The summed E-state index contributed by atoms with van der Waals surface area (Å²) in [4.78, 5) is 0.0146. The van der Waals surface area contributed by atoms with E-state index in [1.54, 1.807) is 6.92 Å². The molecular formula is C9H12FNO2S. The van der Waals surface area contributed by atoms with Gasteiger partial charge in [-0.15, -0.1) is 0 Å². The van der Waals surface area contributed by atoms with Gasteiger partial charge in [-0.25, -0.2) is 12.8 Å². The van der Waals surface area contributed by atoms with Crippen molar-refractivity contribution < 1.29 is 12.8 Å². The van der Waals surface area contributed by atoms with Gasteiger partial charge in [-0.2, -0.15) is 0 Å². The van der Waals surface area contributed by atoms with Gasteiger partial charge in [0, 0.05) is 0 Å². The number of rotatable bonds is 3. The molecule has 14 heavy (non-hydrogen) atoms. The van der Waals surface area contributed by atoms with E-state index in [-0.39, 0.29) is 16.3 Å². The molecule has 1 aromatic rings. The largest absolute Gasteiger partial charge is 0.398 e. The molecule has 5 heteroatoms. The van der Waals surface area contributed by atoms with Gasteiger partial charge in [-0.05, 0) is 24.6 Å². The molecule has 0 unspecified atom stereocenters. The molecule has 0 aromatic heterocycles. The topological polar surface area (TPSA) is 60.2 Å². The number of halogens is 1. The van der Waals surface area contributed by atoms with Crippen LogP contribution in [0.3, 0.4) is 0 Å². The van der Waals surface area contributed by atoms with Crippen LogP contribution >= 0.6 is 0 Å². The van der Waals surface area contributed by atoms with Crippen LogP contribution in [0.15, 0.2) is 23.1 Å². The lowest BCUT2D eigenvalue weighted by molar-refractivity contribution is 0.594. The van der Waals surface area contributed by atoms with Crippen molar-refractivity contribution in [3.8, 4) is 0 Å².